The van der Waals surface area contributed by atoms with Crippen molar-refractivity contribution in [3.63, 3.8) is 0 Å². The minimum absolute atomic E-state index is 0.0639. The van der Waals surface area contributed by atoms with Crippen LogP contribution in [0.1, 0.15) is 46.1 Å². The van der Waals surface area contributed by atoms with Gasteiger partial charge in [-0.2, -0.15) is 0 Å². The lowest BCUT2D eigenvalue weighted by molar-refractivity contribution is -0.959. The summed E-state index contributed by atoms with van der Waals surface area (Å²) in [5, 5.41) is 10.8. The van der Waals surface area contributed by atoms with Crippen molar-refractivity contribution in [2.45, 2.75) is 59.4 Å². The fourth-order valence-electron chi connectivity index (χ4n) is 4.03. The van der Waals surface area contributed by atoms with E-state index in [1.54, 1.807) is 6.92 Å². The Morgan fingerprint density at radius 3 is 2.17 bits per heavy atom. The van der Waals surface area contributed by atoms with Crippen LogP contribution in [-0.4, -0.2) is 63.8 Å². The van der Waals surface area contributed by atoms with E-state index in [1.165, 1.54) is 29.2 Å². The molecule has 0 aliphatic carbocycles. The van der Waals surface area contributed by atoms with Crippen LogP contribution >= 0.6 is 0 Å². The molecule has 9 heteroatoms. The van der Waals surface area contributed by atoms with Crippen LogP contribution < -0.4 is 0 Å². The number of nitrogens with zero attached hydrogens (tertiary/aromatic N) is 3. The van der Waals surface area contributed by atoms with Gasteiger partial charge in [-0.25, -0.2) is 4.79 Å². The molecule has 2 atom stereocenters. The van der Waals surface area contributed by atoms with Crippen molar-refractivity contribution >= 4 is 23.3 Å². The summed E-state index contributed by atoms with van der Waals surface area (Å²) in [6.07, 6.45) is 0.182. The zero-order chi connectivity index (χ0) is 22.5. The highest BCUT2D eigenvalue weighted by atomic mass is 16.6. The molecule has 1 amide bonds. The lowest BCUT2D eigenvalue weighted by atomic mass is 9.97. The van der Waals surface area contributed by atoms with Crippen LogP contribution in [0, 0.1) is 10.1 Å². The number of ether oxygens (including phenoxy) is 1. The number of non-ortho nitro benzene ring substituents is 1. The van der Waals surface area contributed by atoms with E-state index in [0.29, 0.717) is 16.5 Å². The van der Waals surface area contributed by atoms with Gasteiger partial charge in [0.2, 0.25) is 5.91 Å². The Labute approximate surface area is 176 Å². The molecule has 0 saturated carbocycles. The molecule has 0 radical (unpaired) electrons. The number of hydrogen-bond acceptors (Lipinski definition) is 6. The van der Waals surface area contributed by atoms with Crippen LogP contribution in [0.2, 0.25) is 0 Å². The summed E-state index contributed by atoms with van der Waals surface area (Å²) in [6.45, 7) is 9.99. The number of carbonyl (C=O) groups excluding carboxylic acids is 3. The highest BCUT2D eigenvalue weighted by molar-refractivity contribution is 6.06. The van der Waals surface area contributed by atoms with Crippen molar-refractivity contribution in [1.29, 1.82) is 0 Å². The van der Waals surface area contributed by atoms with E-state index in [2.05, 4.69) is 0 Å². The van der Waals surface area contributed by atoms with Crippen LogP contribution in [0.15, 0.2) is 24.3 Å². The average Bonchev–Trinajstić information content (AvgIpc) is 2.76. The minimum Gasteiger partial charge on any atom is -0.459 e. The van der Waals surface area contributed by atoms with Crippen molar-refractivity contribution in [1.82, 2.24) is 4.90 Å². The number of carbonyl (C=O) groups is 3. The Hall–Kier alpha value is -2.81. The van der Waals surface area contributed by atoms with Gasteiger partial charge in [-0.1, -0.05) is 6.92 Å². The first kappa shape index (κ1) is 23.5. The lowest BCUT2D eigenvalue weighted by Crippen LogP contribution is -2.74. The second-order valence-corrected chi connectivity index (χ2v) is 7.41. The van der Waals surface area contributed by atoms with E-state index in [9.17, 15) is 24.5 Å². The topological polar surface area (TPSA) is 107 Å². The largest absolute Gasteiger partial charge is 0.459 e. The standard InChI is InChI=1S/C21H30N3O6/c1-5-17(25)20(22-18(13-19(22)26)24(6-2,7-3)8-4)21(27)30-14-15-9-11-16(12-10-15)23(28)29/h9-12,18,20H,5-8,13-14H2,1-4H3/q+1. The van der Waals surface area contributed by atoms with Crippen LogP contribution in [0.3, 0.4) is 0 Å². The first-order valence-corrected chi connectivity index (χ1v) is 10.3. The molecule has 2 unspecified atom stereocenters. The highest BCUT2D eigenvalue weighted by Crippen LogP contribution is 2.32. The maximum Gasteiger partial charge on any atom is 0.337 e. The van der Waals surface area contributed by atoms with Gasteiger partial charge >= 0.3 is 5.97 Å². The molecule has 1 heterocycles. The van der Waals surface area contributed by atoms with Crippen LogP contribution in [-0.2, 0) is 25.7 Å². The number of amides is 1. The first-order valence-electron chi connectivity index (χ1n) is 10.3. The van der Waals surface area contributed by atoms with Gasteiger partial charge in [0.25, 0.3) is 5.69 Å². The van der Waals surface area contributed by atoms with Crippen molar-refractivity contribution in [3.8, 4) is 0 Å². The Kier molecular flexibility index (Phi) is 7.66. The maximum absolute atomic E-state index is 12.9. The number of ketones is 1. The van der Waals surface area contributed by atoms with Gasteiger partial charge < -0.3 is 9.22 Å². The number of β-lactam (4-membered cyclic amide) rings is 1. The summed E-state index contributed by atoms with van der Waals surface area (Å²) in [5.41, 5.74) is 0.495. The average molecular weight is 420 g/mol. The Balaban J connectivity index is 2.20. The van der Waals surface area contributed by atoms with E-state index in [4.69, 9.17) is 4.74 Å². The van der Waals surface area contributed by atoms with E-state index in [-0.39, 0.29) is 36.6 Å². The van der Waals surface area contributed by atoms with Crippen molar-refractivity contribution in [2.75, 3.05) is 19.6 Å². The summed E-state index contributed by atoms with van der Waals surface area (Å²) in [4.78, 5) is 49.6. The number of likely N-dealkylation sites (tertiary alicyclic amines) is 1. The number of esters is 1. The molecule has 1 fully saturated rings. The first-order chi connectivity index (χ1) is 14.2. The molecule has 1 aliphatic rings. The van der Waals surface area contributed by atoms with Crippen LogP contribution in [0.4, 0.5) is 5.69 Å². The number of Topliss-reactive ketones (excluding diaryl/α,β-unsaturated/α-hetero) is 1. The molecular weight excluding hydrogens is 390 g/mol. The SMILES string of the molecule is CCC(=O)C(C(=O)OCc1ccc([N+](=O)[O-])cc1)N1C(=O)CC1[N+](CC)(CC)CC. The molecule has 0 N–H and O–H groups in total. The van der Waals surface area contributed by atoms with Gasteiger partial charge in [-0.3, -0.25) is 24.6 Å². The third kappa shape index (κ3) is 4.51. The summed E-state index contributed by atoms with van der Waals surface area (Å²) in [7, 11) is 0. The molecule has 2 rings (SSSR count). The van der Waals surface area contributed by atoms with E-state index in [1.807, 2.05) is 20.8 Å². The van der Waals surface area contributed by atoms with Crippen molar-refractivity contribution in [3.05, 3.63) is 39.9 Å². The monoisotopic (exact) mass is 420 g/mol. The van der Waals surface area contributed by atoms with Gasteiger partial charge in [-0.05, 0) is 38.5 Å². The predicted molar refractivity (Wildman–Crippen MR) is 109 cm³/mol. The molecule has 0 aromatic heterocycles. The highest BCUT2D eigenvalue weighted by Gasteiger charge is 2.55. The predicted octanol–water partition coefficient (Wildman–Crippen LogP) is 2.42. The summed E-state index contributed by atoms with van der Waals surface area (Å²) in [6, 6.07) is 4.37. The molecule has 30 heavy (non-hydrogen) atoms. The lowest BCUT2D eigenvalue weighted by Gasteiger charge is -2.53. The number of nitro benzene ring substituents is 1. The zero-order valence-corrected chi connectivity index (χ0v) is 18.0. The molecule has 1 aromatic carbocycles. The normalized spacial score (nSPS) is 17.3. The third-order valence-electron chi connectivity index (χ3n) is 6.17. The number of nitro groups is 1. The van der Waals surface area contributed by atoms with Gasteiger partial charge in [0.1, 0.15) is 6.61 Å². The summed E-state index contributed by atoms with van der Waals surface area (Å²) >= 11 is 0. The smallest absolute Gasteiger partial charge is 0.337 e. The van der Waals surface area contributed by atoms with E-state index < -0.39 is 16.9 Å². The van der Waals surface area contributed by atoms with E-state index in [0.717, 1.165) is 19.6 Å². The number of benzene rings is 1. The summed E-state index contributed by atoms with van der Waals surface area (Å²) < 4.78 is 5.97. The fourth-order valence-corrected chi connectivity index (χ4v) is 4.03. The van der Waals surface area contributed by atoms with Gasteiger partial charge in [-0.15, -0.1) is 0 Å². The maximum atomic E-state index is 12.9. The van der Waals surface area contributed by atoms with Crippen molar-refractivity contribution < 1.29 is 28.5 Å². The van der Waals surface area contributed by atoms with Crippen LogP contribution in [0.25, 0.3) is 0 Å². The number of rotatable bonds is 11. The molecule has 1 saturated heterocycles. The summed E-state index contributed by atoms with van der Waals surface area (Å²) in [5.74, 6) is -1.35. The minimum atomic E-state index is -1.26. The Bertz CT molecular complexity index is 795. The molecule has 0 bridgehead atoms. The number of hydrogen-bond donors (Lipinski definition) is 0. The van der Waals surface area contributed by atoms with Gasteiger partial charge in [0.05, 0.1) is 31.0 Å². The second-order valence-electron chi connectivity index (χ2n) is 7.41. The van der Waals surface area contributed by atoms with Gasteiger partial charge in [0.15, 0.2) is 18.0 Å². The van der Waals surface area contributed by atoms with Gasteiger partial charge in [0, 0.05) is 18.6 Å². The number of quaternary nitrogens is 1. The Morgan fingerprint density at radius 2 is 1.73 bits per heavy atom. The molecule has 0 spiro atoms. The molecule has 1 aliphatic heterocycles. The second kappa shape index (κ2) is 9.80. The van der Waals surface area contributed by atoms with Crippen LogP contribution in [0.5, 0.6) is 0 Å². The van der Waals surface area contributed by atoms with Crippen molar-refractivity contribution in [2.24, 2.45) is 0 Å². The quantitative estimate of drug-likeness (QED) is 0.136. The fraction of sp³-hybridized carbons (Fsp3) is 0.571. The molecule has 9 nitrogen and oxygen atoms in total. The molecular formula is C21H30N3O6+. The Morgan fingerprint density at radius 1 is 1.17 bits per heavy atom. The third-order valence-corrected chi connectivity index (χ3v) is 6.17. The van der Waals surface area contributed by atoms with E-state index >= 15 is 0 Å². The molecule has 1 aromatic rings. The molecule has 164 valence electrons. The zero-order valence-electron chi connectivity index (χ0n) is 18.0.